The summed E-state index contributed by atoms with van der Waals surface area (Å²) in [6.07, 6.45) is 7.63. The third kappa shape index (κ3) is 3.23. The maximum Gasteiger partial charge on any atom is 0.309 e. The second-order valence-electron chi connectivity index (χ2n) is 8.20. The topological polar surface area (TPSA) is 93.7 Å². The molecule has 0 amide bonds. The Kier molecular flexibility index (Phi) is 4.89. The summed E-state index contributed by atoms with van der Waals surface area (Å²) in [5.41, 5.74) is 1.56. The van der Waals surface area contributed by atoms with Gasteiger partial charge in [-0.05, 0) is 55.9 Å². The number of fused-ring (bicyclic) bond motifs is 4. The predicted octanol–water partition coefficient (Wildman–Crippen LogP) is 3.98. The molecule has 0 saturated heterocycles. The SMILES string of the molecule is COC(=O)[C@H]1C2CCC(CC2)[C@@H]1Cc1nc(-c2[nH]nc3ncc(F)cc23)ncc1Cl. The molecule has 1 N–H and O–H groups in total. The van der Waals surface area contributed by atoms with Gasteiger partial charge in [0.15, 0.2) is 11.5 Å². The summed E-state index contributed by atoms with van der Waals surface area (Å²) in [5.74, 6) is 0.614. The van der Waals surface area contributed by atoms with E-state index in [-0.39, 0.29) is 17.8 Å². The number of rotatable bonds is 4. The smallest absolute Gasteiger partial charge is 0.309 e. The Morgan fingerprint density at radius 1 is 1.23 bits per heavy atom. The van der Waals surface area contributed by atoms with Crippen molar-refractivity contribution in [3.05, 3.63) is 35.0 Å². The standard InChI is InChI=1S/C21H21ClFN5O2/c1-30-21(29)17-11-4-2-10(3-5-11)13(17)7-16-15(22)9-25-20(26-16)18-14-6-12(23)8-24-19(14)28-27-18/h6,8-11,13,17H,2-5,7H2,1H3,(H,24,27,28)/t10?,11?,13-,17-/m0/s1. The molecular weight excluding hydrogens is 409 g/mol. The molecule has 0 aliphatic heterocycles. The molecule has 30 heavy (non-hydrogen) atoms. The number of H-pyrrole nitrogens is 1. The Morgan fingerprint density at radius 3 is 2.77 bits per heavy atom. The van der Waals surface area contributed by atoms with Crippen LogP contribution in [0.5, 0.6) is 0 Å². The zero-order valence-corrected chi connectivity index (χ0v) is 17.2. The van der Waals surface area contributed by atoms with Gasteiger partial charge in [0.1, 0.15) is 11.5 Å². The number of hydrogen-bond acceptors (Lipinski definition) is 6. The van der Waals surface area contributed by atoms with Crippen molar-refractivity contribution >= 4 is 28.6 Å². The maximum atomic E-state index is 13.7. The van der Waals surface area contributed by atoms with E-state index >= 15 is 0 Å². The van der Waals surface area contributed by atoms with Crippen molar-refractivity contribution in [2.45, 2.75) is 32.1 Å². The van der Waals surface area contributed by atoms with Crippen LogP contribution in [0.1, 0.15) is 31.4 Å². The maximum absolute atomic E-state index is 13.7. The second kappa shape index (κ2) is 7.58. The Morgan fingerprint density at radius 2 is 2.00 bits per heavy atom. The molecule has 3 aliphatic rings. The Hall–Kier alpha value is -2.61. The summed E-state index contributed by atoms with van der Waals surface area (Å²) in [6, 6.07) is 1.35. The summed E-state index contributed by atoms with van der Waals surface area (Å²) in [6.45, 7) is 0. The van der Waals surface area contributed by atoms with Crippen LogP contribution in [0.2, 0.25) is 5.02 Å². The van der Waals surface area contributed by atoms with E-state index in [1.54, 1.807) is 6.20 Å². The van der Waals surface area contributed by atoms with E-state index in [1.807, 2.05) is 0 Å². The number of aromatic nitrogens is 5. The molecule has 3 fully saturated rings. The number of pyridine rings is 1. The van der Waals surface area contributed by atoms with Gasteiger partial charge in [0.2, 0.25) is 0 Å². The second-order valence-corrected chi connectivity index (χ2v) is 8.61. The molecule has 2 bridgehead atoms. The van der Waals surface area contributed by atoms with Crippen LogP contribution in [0.4, 0.5) is 4.39 Å². The van der Waals surface area contributed by atoms with Crippen molar-refractivity contribution < 1.29 is 13.9 Å². The Bertz CT molecular complexity index is 1110. The van der Waals surface area contributed by atoms with Crippen molar-refractivity contribution in [3.63, 3.8) is 0 Å². The van der Waals surface area contributed by atoms with Crippen LogP contribution in [0.15, 0.2) is 18.5 Å². The quantitative estimate of drug-likeness (QED) is 0.630. The number of ether oxygens (including phenoxy) is 1. The van der Waals surface area contributed by atoms with E-state index in [0.29, 0.717) is 51.5 Å². The van der Waals surface area contributed by atoms with Crippen molar-refractivity contribution in [1.82, 2.24) is 25.1 Å². The number of nitrogens with zero attached hydrogens (tertiary/aromatic N) is 4. The average Bonchev–Trinajstić information content (AvgIpc) is 3.18. The largest absolute Gasteiger partial charge is 0.469 e. The number of hydrogen-bond donors (Lipinski definition) is 1. The van der Waals surface area contributed by atoms with Crippen molar-refractivity contribution in [2.75, 3.05) is 7.11 Å². The van der Waals surface area contributed by atoms with Crippen LogP contribution in [0.25, 0.3) is 22.6 Å². The predicted molar refractivity (Wildman–Crippen MR) is 108 cm³/mol. The number of nitrogens with one attached hydrogen (secondary N) is 1. The van der Waals surface area contributed by atoms with Gasteiger partial charge in [0.25, 0.3) is 0 Å². The molecule has 3 aromatic rings. The van der Waals surface area contributed by atoms with Gasteiger partial charge in [-0.2, -0.15) is 5.10 Å². The lowest BCUT2D eigenvalue weighted by Crippen LogP contribution is -2.45. The number of methoxy groups -OCH3 is 1. The van der Waals surface area contributed by atoms with Crippen LogP contribution >= 0.6 is 11.6 Å². The monoisotopic (exact) mass is 429 g/mol. The molecule has 3 saturated carbocycles. The van der Waals surface area contributed by atoms with E-state index in [9.17, 15) is 9.18 Å². The van der Waals surface area contributed by atoms with Crippen molar-refractivity contribution in [2.24, 2.45) is 23.7 Å². The normalized spacial score (nSPS) is 25.6. The summed E-state index contributed by atoms with van der Waals surface area (Å²) >= 11 is 6.44. The minimum atomic E-state index is -0.460. The summed E-state index contributed by atoms with van der Waals surface area (Å²) in [4.78, 5) is 25.5. The lowest BCUT2D eigenvalue weighted by atomic mass is 9.57. The average molecular weight is 430 g/mol. The van der Waals surface area contributed by atoms with Gasteiger partial charge < -0.3 is 4.74 Å². The first-order valence-corrected chi connectivity index (χ1v) is 10.5. The highest BCUT2D eigenvalue weighted by Gasteiger charge is 2.47. The fourth-order valence-corrected chi connectivity index (χ4v) is 5.47. The van der Waals surface area contributed by atoms with Gasteiger partial charge in [-0.25, -0.2) is 19.3 Å². The van der Waals surface area contributed by atoms with E-state index in [2.05, 4.69) is 25.1 Å². The number of carbonyl (C=O) groups is 1. The first kappa shape index (κ1) is 19.4. The summed E-state index contributed by atoms with van der Waals surface area (Å²) < 4.78 is 18.8. The molecule has 2 atom stereocenters. The molecule has 156 valence electrons. The van der Waals surface area contributed by atoms with Crippen LogP contribution in [-0.4, -0.2) is 38.2 Å². The molecule has 3 heterocycles. The first-order chi connectivity index (χ1) is 14.5. The van der Waals surface area contributed by atoms with E-state index in [4.69, 9.17) is 16.3 Å². The third-order valence-corrected chi connectivity index (χ3v) is 7.03. The van der Waals surface area contributed by atoms with Gasteiger partial charge in [-0.1, -0.05) is 11.6 Å². The van der Waals surface area contributed by atoms with Crippen molar-refractivity contribution in [3.8, 4) is 11.5 Å². The molecule has 0 radical (unpaired) electrons. The van der Waals surface area contributed by atoms with E-state index < -0.39 is 5.82 Å². The zero-order valence-electron chi connectivity index (χ0n) is 16.4. The lowest BCUT2D eigenvalue weighted by Gasteiger charge is -2.47. The molecule has 0 spiro atoms. The lowest BCUT2D eigenvalue weighted by molar-refractivity contribution is -0.156. The minimum absolute atomic E-state index is 0.122. The van der Waals surface area contributed by atoms with Crippen LogP contribution in [0.3, 0.4) is 0 Å². The molecular formula is C21H21ClFN5O2. The third-order valence-electron chi connectivity index (χ3n) is 6.71. The molecule has 0 aromatic carbocycles. The Labute approximate surface area is 177 Å². The highest BCUT2D eigenvalue weighted by molar-refractivity contribution is 6.31. The zero-order chi connectivity index (χ0) is 20.8. The van der Waals surface area contributed by atoms with Gasteiger partial charge in [-0.15, -0.1) is 0 Å². The van der Waals surface area contributed by atoms with E-state index in [0.717, 1.165) is 31.9 Å². The van der Waals surface area contributed by atoms with Gasteiger partial charge in [-0.3, -0.25) is 9.89 Å². The number of esters is 1. The molecule has 6 rings (SSSR count). The van der Waals surface area contributed by atoms with Gasteiger partial charge in [0, 0.05) is 6.20 Å². The molecule has 3 aliphatic carbocycles. The molecule has 9 heteroatoms. The fraction of sp³-hybridized carbons (Fsp3) is 0.476. The minimum Gasteiger partial charge on any atom is -0.469 e. The number of halogens is 2. The van der Waals surface area contributed by atoms with E-state index in [1.165, 1.54) is 13.2 Å². The van der Waals surface area contributed by atoms with Gasteiger partial charge in [0.05, 0.1) is 35.3 Å². The molecule has 0 unspecified atom stereocenters. The molecule has 7 nitrogen and oxygen atoms in total. The summed E-state index contributed by atoms with van der Waals surface area (Å²) in [7, 11) is 1.45. The summed E-state index contributed by atoms with van der Waals surface area (Å²) in [5, 5.41) is 7.92. The van der Waals surface area contributed by atoms with Crippen LogP contribution in [-0.2, 0) is 16.0 Å². The number of carbonyl (C=O) groups excluding carboxylic acids is 1. The Balaban J connectivity index is 1.50. The van der Waals surface area contributed by atoms with Crippen molar-refractivity contribution in [1.29, 1.82) is 0 Å². The first-order valence-electron chi connectivity index (χ1n) is 10.1. The number of aromatic amines is 1. The highest BCUT2D eigenvalue weighted by atomic mass is 35.5. The molecule has 3 aromatic heterocycles. The van der Waals surface area contributed by atoms with Crippen LogP contribution in [0, 0.1) is 29.5 Å². The van der Waals surface area contributed by atoms with Crippen LogP contribution < -0.4 is 0 Å². The fourth-order valence-electron chi connectivity index (χ4n) is 5.31. The highest BCUT2D eigenvalue weighted by Crippen LogP contribution is 2.50. The van der Waals surface area contributed by atoms with Gasteiger partial charge >= 0.3 is 5.97 Å².